The molecule has 1 aromatic carbocycles. The first-order chi connectivity index (χ1) is 10.4. The monoisotopic (exact) mass is 304 g/mol. The number of benzene rings is 1. The zero-order valence-corrected chi connectivity index (χ0v) is 12.2. The molecule has 7 nitrogen and oxygen atoms in total. The van der Waals surface area contributed by atoms with Crippen molar-refractivity contribution in [2.24, 2.45) is 0 Å². The maximum Gasteiger partial charge on any atom is 0.335 e. The van der Waals surface area contributed by atoms with Crippen LogP contribution in [-0.2, 0) is 9.53 Å². The van der Waals surface area contributed by atoms with Crippen molar-refractivity contribution in [3.63, 3.8) is 0 Å². The Morgan fingerprint density at radius 3 is 2.32 bits per heavy atom. The van der Waals surface area contributed by atoms with E-state index in [1.165, 1.54) is 19.2 Å². The average Bonchev–Trinajstić information content (AvgIpc) is 2.84. The normalized spacial score (nSPS) is 11.9. The number of carbonyl (C=O) groups is 2. The molecule has 0 aliphatic heterocycles. The van der Waals surface area contributed by atoms with Crippen molar-refractivity contribution in [2.45, 2.75) is 19.3 Å². The van der Waals surface area contributed by atoms with E-state index < -0.39 is 17.9 Å². The highest BCUT2D eigenvalue weighted by molar-refractivity contribution is 5.87. The SMILES string of the molecule is COC(=O)C[C@H](c1ccc(C(=O)O)cc1)c1c(C)[nH][nH]c1=O. The van der Waals surface area contributed by atoms with Crippen molar-refractivity contribution in [2.75, 3.05) is 7.11 Å². The van der Waals surface area contributed by atoms with Gasteiger partial charge in [0.2, 0.25) is 0 Å². The number of methoxy groups -OCH3 is 1. The molecular formula is C15H16N2O5. The molecule has 0 radical (unpaired) electrons. The van der Waals surface area contributed by atoms with E-state index >= 15 is 0 Å². The number of esters is 1. The highest BCUT2D eigenvalue weighted by atomic mass is 16.5. The van der Waals surface area contributed by atoms with Crippen molar-refractivity contribution in [1.29, 1.82) is 0 Å². The molecule has 7 heteroatoms. The number of carboxylic acid groups (broad SMARTS) is 1. The lowest BCUT2D eigenvalue weighted by molar-refractivity contribution is -0.140. The summed E-state index contributed by atoms with van der Waals surface area (Å²) >= 11 is 0. The van der Waals surface area contributed by atoms with Gasteiger partial charge in [0.1, 0.15) is 0 Å². The number of nitrogens with one attached hydrogen (secondary N) is 2. The summed E-state index contributed by atoms with van der Waals surface area (Å²) in [6.45, 7) is 1.73. The van der Waals surface area contributed by atoms with E-state index in [9.17, 15) is 14.4 Å². The van der Waals surface area contributed by atoms with Crippen molar-refractivity contribution in [1.82, 2.24) is 10.2 Å². The number of aromatic amines is 2. The highest BCUT2D eigenvalue weighted by Gasteiger charge is 2.24. The maximum atomic E-state index is 12.0. The summed E-state index contributed by atoms with van der Waals surface area (Å²) < 4.78 is 4.69. The van der Waals surface area contributed by atoms with Gasteiger partial charge in [-0.2, -0.15) is 0 Å². The number of hydrogen-bond donors (Lipinski definition) is 3. The minimum atomic E-state index is -1.04. The van der Waals surface area contributed by atoms with Crippen molar-refractivity contribution in [3.8, 4) is 0 Å². The van der Waals surface area contributed by atoms with Gasteiger partial charge >= 0.3 is 11.9 Å². The molecular weight excluding hydrogens is 288 g/mol. The molecule has 0 saturated heterocycles. The Morgan fingerprint density at radius 1 is 1.23 bits per heavy atom. The number of hydrogen-bond acceptors (Lipinski definition) is 4. The van der Waals surface area contributed by atoms with Gasteiger partial charge in [0.25, 0.3) is 5.56 Å². The molecule has 0 saturated carbocycles. The van der Waals surface area contributed by atoms with Gasteiger partial charge in [-0.1, -0.05) is 12.1 Å². The van der Waals surface area contributed by atoms with Crippen molar-refractivity contribution >= 4 is 11.9 Å². The lowest BCUT2D eigenvalue weighted by Crippen LogP contribution is -2.17. The van der Waals surface area contributed by atoms with E-state index in [0.717, 1.165) is 0 Å². The van der Waals surface area contributed by atoms with Gasteiger partial charge in [0.05, 0.1) is 19.1 Å². The standard InChI is InChI=1S/C15H16N2O5/c1-8-13(14(19)17-16-8)11(7-12(18)22-2)9-3-5-10(6-4-9)15(20)21/h3-6,11H,7H2,1-2H3,(H,20,21)(H2,16,17,19)/t11-/m1/s1. The summed E-state index contributed by atoms with van der Waals surface area (Å²) in [7, 11) is 1.28. The summed E-state index contributed by atoms with van der Waals surface area (Å²) in [5, 5.41) is 14.1. The minimum Gasteiger partial charge on any atom is -0.478 e. The van der Waals surface area contributed by atoms with Gasteiger partial charge in [0.15, 0.2) is 0 Å². The first-order valence-corrected chi connectivity index (χ1v) is 6.61. The summed E-state index contributed by atoms with van der Waals surface area (Å²) in [4.78, 5) is 34.5. The van der Waals surface area contributed by atoms with Crippen LogP contribution in [0, 0.1) is 6.92 Å². The average molecular weight is 304 g/mol. The van der Waals surface area contributed by atoms with E-state index in [1.807, 2.05) is 0 Å². The lowest BCUT2D eigenvalue weighted by atomic mass is 9.88. The predicted molar refractivity (Wildman–Crippen MR) is 78.0 cm³/mol. The quantitative estimate of drug-likeness (QED) is 0.723. The number of ether oxygens (including phenoxy) is 1. The number of aromatic carboxylic acids is 1. The zero-order valence-electron chi connectivity index (χ0n) is 12.2. The zero-order chi connectivity index (χ0) is 16.3. The van der Waals surface area contributed by atoms with Gasteiger partial charge in [0, 0.05) is 17.2 Å². The third-order valence-electron chi connectivity index (χ3n) is 3.52. The molecule has 3 N–H and O–H groups in total. The number of rotatable bonds is 5. The first-order valence-electron chi connectivity index (χ1n) is 6.61. The number of aromatic nitrogens is 2. The second kappa shape index (κ2) is 6.30. The molecule has 116 valence electrons. The van der Waals surface area contributed by atoms with Crippen LogP contribution in [0.4, 0.5) is 0 Å². The Bertz CT molecular complexity index is 742. The van der Waals surface area contributed by atoms with Crippen LogP contribution in [-0.4, -0.2) is 34.4 Å². The summed E-state index contributed by atoms with van der Waals surface area (Å²) in [5.41, 5.74) is 1.56. The number of H-pyrrole nitrogens is 2. The second-order valence-electron chi connectivity index (χ2n) is 4.88. The van der Waals surface area contributed by atoms with Crippen LogP contribution in [0.3, 0.4) is 0 Å². The smallest absolute Gasteiger partial charge is 0.335 e. The van der Waals surface area contributed by atoms with E-state index in [-0.39, 0.29) is 17.5 Å². The maximum absolute atomic E-state index is 12.0. The fraction of sp³-hybridized carbons (Fsp3) is 0.267. The molecule has 0 unspecified atom stereocenters. The van der Waals surface area contributed by atoms with Gasteiger partial charge in [-0.3, -0.25) is 14.7 Å². The molecule has 2 aromatic rings. The molecule has 0 bridgehead atoms. The molecule has 1 aromatic heterocycles. The van der Waals surface area contributed by atoms with Crippen LogP contribution in [0.15, 0.2) is 29.1 Å². The van der Waals surface area contributed by atoms with Crippen LogP contribution >= 0.6 is 0 Å². The molecule has 0 amide bonds. The van der Waals surface area contributed by atoms with Crippen LogP contribution < -0.4 is 5.56 Å². The molecule has 1 atom stereocenters. The molecule has 0 fully saturated rings. The fourth-order valence-corrected chi connectivity index (χ4v) is 2.37. The Labute approximate surface area is 125 Å². The van der Waals surface area contributed by atoms with Gasteiger partial charge in [-0.15, -0.1) is 0 Å². The molecule has 0 spiro atoms. The summed E-state index contributed by atoms with van der Waals surface area (Å²) in [6.07, 6.45) is -0.00923. The predicted octanol–water partition coefficient (Wildman–Crippen LogP) is 1.40. The lowest BCUT2D eigenvalue weighted by Gasteiger charge is -2.15. The van der Waals surface area contributed by atoms with Crippen LogP contribution in [0.2, 0.25) is 0 Å². The van der Waals surface area contributed by atoms with Gasteiger partial charge in [-0.05, 0) is 24.6 Å². The molecule has 1 heterocycles. The Hall–Kier alpha value is -2.83. The number of carboxylic acids is 1. The van der Waals surface area contributed by atoms with Crippen molar-refractivity contribution in [3.05, 3.63) is 57.0 Å². The summed E-state index contributed by atoms with van der Waals surface area (Å²) in [5.74, 6) is -2.00. The first kappa shape index (κ1) is 15.6. The largest absolute Gasteiger partial charge is 0.478 e. The second-order valence-corrected chi connectivity index (χ2v) is 4.88. The van der Waals surface area contributed by atoms with Crippen molar-refractivity contribution < 1.29 is 19.4 Å². The third kappa shape index (κ3) is 3.08. The Morgan fingerprint density at radius 2 is 1.86 bits per heavy atom. The highest BCUT2D eigenvalue weighted by Crippen LogP contribution is 2.28. The molecule has 2 rings (SSSR count). The van der Waals surface area contributed by atoms with Crippen LogP contribution in [0.1, 0.15) is 39.5 Å². The number of carbonyl (C=O) groups excluding carboxylic acids is 1. The van der Waals surface area contributed by atoms with Crippen LogP contribution in [0.25, 0.3) is 0 Å². The van der Waals surface area contributed by atoms with E-state index in [1.54, 1.807) is 19.1 Å². The van der Waals surface area contributed by atoms with Gasteiger partial charge in [-0.25, -0.2) is 4.79 Å². The van der Waals surface area contributed by atoms with E-state index in [0.29, 0.717) is 16.8 Å². The van der Waals surface area contributed by atoms with Gasteiger partial charge < -0.3 is 14.9 Å². The minimum absolute atomic E-state index is 0.00923. The molecule has 0 aliphatic carbocycles. The Kier molecular flexibility index (Phi) is 4.45. The fourth-order valence-electron chi connectivity index (χ4n) is 2.37. The molecule has 0 aliphatic rings. The third-order valence-corrected chi connectivity index (χ3v) is 3.52. The van der Waals surface area contributed by atoms with E-state index in [4.69, 9.17) is 5.11 Å². The molecule has 22 heavy (non-hydrogen) atoms. The Balaban J connectivity index is 2.46. The number of aryl methyl sites for hydroxylation is 1. The van der Waals surface area contributed by atoms with E-state index in [2.05, 4.69) is 14.9 Å². The summed E-state index contributed by atoms with van der Waals surface area (Å²) in [6, 6.07) is 6.09. The van der Waals surface area contributed by atoms with Crippen LogP contribution in [0.5, 0.6) is 0 Å². The topological polar surface area (TPSA) is 112 Å².